The number of carbonyl (C=O) groups excluding carboxylic acids is 1. The molecule has 6 heteroatoms. The fourth-order valence-corrected chi connectivity index (χ4v) is 2.53. The van der Waals surface area contributed by atoms with Crippen LogP contribution in [0.25, 0.3) is 0 Å². The predicted octanol–water partition coefficient (Wildman–Crippen LogP) is 1.71. The van der Waals surface area contributed by atoms with Crippen LogP contribution in [-0.4, -0.2) is 76.1 Å². The first kappa shape index (κ1) is 17.8. The molecule has 0 saturated carbocycles. The Morgan fingerprint density at radius 1 is 1.14 bits per heavy atom. The minimum Gasteiger partial charge on any atom is -0.481 e. The number of aliphatic carboxylic acids is 1. The number of carbonyl (C=O) groups is 2. The lowest BCUT2D eigenvalue weighted by Gasteiger charge is -2.43. The van der Waals surface area contributed by atoms with Gasteiger partial charge in [0.05, 0.1) is 6.42 Å². The Morgan fingerprint density at radius 2 is 1.67 bits per heavy atom. The molecular weight excluding hydrogens is 270 g/mol. The maximum atomic E-state index is 12.7. The molecule has 122 valence electrons. The van der Waals surface area contributed by atoms with Gasteiger partial charge >= 0.3 is 12.0 Å². The molecule has 1 saturated heterocycles. The van der Waals surface area contributed by atoms with E-state index in [4.69, 9.17) is 5.11 Å². The fourth-order valence-electron chi connectivity index (χ4n) is 2.53. The molecular formula is C15H29N3O3. The Bertz CT molecular complexity index is 369. The van der Waals surface area contributed by atoms with E-state index in [1.54, 1.807) is 4.90 Å². The number of urea groups is 1. The average Bonchev–Trinajstić information content (AvgIpc) is 2.36. The second-order valence-electron chi connectivity index (χ2n) is 6.87. The Kier molecular flexibility index (Phi) is 6.01. The normalized spacial score (nSPS) is 17.1. The molecule has 0 aromatic heterocycles. The summed E-state index contributed by atoms with van der Waals surface area (Å²) in [6, 6.07) is 0.445. The van der Waals surface area contributed by atoms with Gasteiger partial charge in [0.2, 0.25) is 0 Å². The van der Waals surface area contributed by atoms with Gasteiger partial charge in [-0.1, -0.05) is 0 Å². The van der Waals surface area contributed by atoms with Gasteiger partial charge in [0.25, 0.3) is 0 Å². The lowest BCUT2D eigenvalue weighted by atomic mass is 10.1. The molecule has 1 fully saturated rings. The van der Waals surface area contributed by atoms with Crippen molar-refractivity contribution >= 4 is 12.0 Å². The SMILES string of the molecule is CC(C)N1CCN(C(=O)N(CCC(=O)O)C(C)(C)C)CC1. The first-order chi connectivity index (χ1) is 9.62. The molecule has 0 atom stereocenters. The number of carboxylic acids is 1. The van der Waals surface area contributed by atoms with Crippen molar-refractivity contribution in [3.8, 4) is 0 Å². The summed E-state index contributed by atoms with van der Waals surface area (Å²) in [5.41, 5.74) is -0.373. The summed E-state index contributed by atoms with van der Waals surface area (Å²) in [6.45, 7) is 13.6. The van der Waals surface area contributed by atoms with Crippen molar-refractivity contribution in [3.63, 3.8) is 0 Å². The van der Waals surface area contributed by atoms with Gasteiger partial charge in [0.1, 0.15) is 0 Å². The summed E-state index contributed by atoms with van der Waals surface area (Å²) in [7, 11) is 0. The van der Waals surface area contributed by atoms with Gasteiger partial charge in [0, 0.05) is 44.3 Å². The molecule has 1 rings (SSSR count). The van der Waals surface area contributed by atoms with Crippen LogP contribution in [0.5, 0.6) is 0 Å². The summed E-state index contributed by atoms with van der Waals surface area (Å²) >= 11 is 0. The molecule has 0 bridgehead atoms. The third kappa shape index (κ3) is 5.19. The van der Waals surface area contributed by atoms with Gasteiger partial charge in [-0.15, -0.1) is 0 Å². The standard InChI is InChI=1S/C15H29N3O3/c1-12(2)16-8-10-17(11-9-16)14(21)18(15(3,4)5)7-6-13(19)20/h12H,6-11H2,1-5H3,(H,19,20). The van der Waals surface area contributed by atoms with E-state index in [1.807, 2.05) is 25.7 Å². The van der Waals surface area contributed by atoms with Gasteiger partial charge < -0.3 is 14.9 Å². The van der Waals surface area contributed by atoms with Crippen molar-refractivity contribution in [2.75, 3.05) is 32.7 Å². The highest BCUT2D eigenvalue weighted by Gasteiger charge is 2.32. The zero-order valence-corrected chi connectivity index (χ0v) is 13.9. The van der Waals surface area contributed by atoms with Crippen LogP contribution in [0.4, 0.5) is 4.79 Å². The number of nitrogens with zero attached hydrogens (tertiary/aromatic N) is 3. The maximum absolute atomic E-state index is 12.7. The lowest BCUT2D eigenvalue weighted by molar-refractivity contribution is -0.137. The van der Waals surface area contributed by atoms with E-state index in [-0.39, 0.29) is 24.5 Å². The first-order valence-corrected chi connectivity index (χ1v) is 7.65. The zero-order valence-electron chi connectivity index (χ0n) is 13.9. The molecule has 2 amide bonds. The Morgan fingerprint density at radius 3 is 2.05 bits per heavy atom. The van der Waals surface area contributed by atoms with E-state index in [0.29, 0.717) is 19.1 Å². The Balaban J connectivity index is 2.67. The summed E-state index contributed by atoms with van der Waals surface area (Å²) in [5, 5.41) is 8.86. The van der Waals surface area contributed by atoms with Crippen molar-refractivity contribution < 1.29 is 14.7 Å². The van der Waals surface area contributed by atoms with Crippen molar-refractivity contribution in [2.24, 2.45) is 0 Å². The van der Waals surface area contributed by atoms with Crippen molar-refractivity contribution in [1.82, 2.24) is 14.7 Å². The largest absolute Gasteiger partial charge is 0.481 e. The lowest BCUT2D eigenvalue weighted by Crippen LogP contribution is -2.57. The highest BCUT2D eigenvalue weighted by molar-refractivity contribution is 5.76. The number of amides is 2. The summed E-state index contributed by atoms with van der Waals surface area (Å²) in [5.74, 6) is -0.873. The van der Waals surface area contributed by atoms with E-state index in [1.165, 1.54) is 0 Å². The van der Waals surface area contributed by atoms with E-state index < -0.39 is 5.97 Å². The Labute approximate surface area is 127 Å². The third-order valence-corrected chi connectivity index (χ3v) is 3.91. The number of hydrogen-bond donors (Lipinski definition) is 1. The molecule has 1 aliphatic rings. The number of hydrogen-bond acceptors (Lipinski definition) is 3. The zero-order chi connectivity index (χ0) is 16.2. The van der Waals surface area contributed by atoms with E-state index in [9.17, 15) is 9.59 Å². The molecule has 1 heterocycles. The summed E-state index contributed by atoms with van der Waals surface area (Å²) < 4.78 is 0. The minimum atomic E-state index is -0.873. The molecule has 0 aromatic rings. The van der Waals surface area contributed by atoms with E-state index >= 15 is 0 Å². The fraction of sp³-hybridized carbons (Fsp3) is 0.867. The molecule has 1 N–H and O–H groups in total. The van der Waals surface area contributed by atoms with Crippen LogP contribution in [0.1, 0.15) is 41.0 Å². The highest BCUT2D eigenvalue weighted by Crippen LogP contribution is 2.18. The quantitative estimate of drug-likeness (QED) is 0.858. The maximum Gasteiger partial charge on any atom is 0.320 e. The smallest absolute Gasteiger partial charge is 0.320 e. The van der Waals surface area contributed by atoms with Crippen LogP contribution in [0.15, 0.2) is 0 Å². The molecule has 0 aromatic carbocycles. The summed E-state index contributed by atoms with van der Waals surface area (Å²) in [6.07, 6.45) is -0.0189. The van der Waals surface area contributed by atoms with Crippen LogP contribution < -0.4 is 0 Å². The van der Waals surface area contributed by atoms with Crippen molar-refractivity contribution in [1.29, 1.82) is 0 Å². The van der Waals surface area contributed by atoms with Gasteiger partial charge in [-0.25, -0.2) is 4.79 Å². The number of carboxylic acid groups (broad SMARTS) is 1. The molecule has 0 aliphatic carbocycles. The topological polar surface area (TPSA) is 64.1 Å². The van der Waals surface area contributed by atoms with Crippen LogP contribution >= 0.6 is 0 Å². The van der Waals surface area contributed by atoms with Gasteiger partial charge in [-0.3, -0.25) is 9.69 Å². The number of rotatable bonds is 4. The third-order valence-electron chi connectivity index (χ3n) is 3.91. The molecule has 0 radical (unpaired) electrons. The summed E-state index contributed by atoms with van der Waals surface area (Å²) in [4.78, 5) is 29.3. The number of piperazine rings is 1. The molecule has 0 unspecified atom stereocenters. The average molecular weight is 299 g/mol. The molecule has 0 spiro atoms. The van der Waals surface area contributed by atoms with Gasteiger partial charge in [-0.05, 0) is 34.6 Å². The first-order valence-electron chi connectivity index (χ1n) is 7.65. The minimum absolute atomic E-state index is 0.0189. The van der Waals surface area contributed by atoms with E-state index in [0.717, 1.165) is 13.1 Å². The molecule has 1 aliphatic heterocycles. The van der Waals surface area contributed by atoms with Crippen LogP contribution in [-0.2, 0) is 4.79 Å². The monoisotopic (exact) mass is 299 g/mol. The second kappa shape index (κ2) is 7.11. The van der Waals surface area contributed by atoms with Crippen LogP contribution in [0.3, 0.4) is 0 Å². The van der Waals surface area contributed by atoms with E-state index in [2.05, 4.69) is 18.7 Å². The highest BCUT2D eigenvalue weighted by atomic mass is 16.4. The molecule has 6 nitrogen and oxygen atoms in total. The van der Waals surface area contributed by atoms with Crippen molar-refractivity contribution in [3.05, 3.63) is 0 Å². The molecule has 21 heavy (non-hydrogen) atoms. The van der Waals surface area contributed by atoms with Crippen molar-refractivity contribution in [2.45, 2.75) is 52.6 Å². The van der Waals surface area contributed by atoms with Gasteiger partial charge in [-0.2, -0.15) is 0 Å². The predicted molar refractivity (Wildman–Crippen MR) is 82.4 cm³/mol. The second-order valence-corrected chi connectivity index (χ2v) is 6.87. The van der Waals surface area contributed by atoms with Gasteiger partial charge in [0.15, 0.2) is 0 Å². The van der Waals surface area contributed by atoms with Crippen LogP contribution in [0.2, 0.25) is 0 Å². The Hall–Kier alpha value is -1.30. The van der Waals surface area contributed by atoms with Crippen LogP contribution in [0, 0.1) is 0 Å².